The van der Waals surface area contributed by atoms with Crippen LogP contribution < -0.4 is 20.3 Å². The van der Waals surface area contributed by atoms with Crippen LogP contribution >= 0.6 is 0 Å². The number of rotatable bonds is 9. The molecular weight excluding hydrogens is 769 g/mol. The maximum atomic E-state index is 15.1. The van der Waals surface area contributed by atoms with E-state index in [4.69, 9.17) is 19.7 Å². The molecule has 4 bridgehead atoms. The molecule has 59 heavy (non-hydrogen) atoms. The van der Waals surface area contributed by atoms with E-state index in [9.17, 15) is 29.6 Å². The highest BCUT2D eigenvalue weighted by molar-refractivity contribution is 5.94. The molecule has 9 rings (SSSR count). The number of nitrogens with one attached hydrogen (secondary N) is 2. The van der Waals surface area contributed by atoms with Gasteiger partial charge in [-0.3, -0.25) is 4.79 Å². The number of aliphatic hydroxyl groups is 4. The largest absolute Gasteiger partial charge is 0.453 e. The summed E-state index contributed by atoms with van der Waals surface area (Å²) in [7, 11) is 0. The Hall–Kier alpha value is -5.86. The molecule has 4 aromatic heterocycles. The summed E-state index contributed by atoms with van der Waals surface area (Å²) in [6.45, 7) is 4.78. The fraction of sp³-hybridized carbons (Fsp3) is 0.400. The molecule has 2 aromatic carbocycles. The van der Waals surface area contributed by atoms with Crippen LogP contribution in [-0.2, 0) is 17.8 Å². The predicted molar refractivity (Wildman–Crippen MR) is 210 cm³/mol. The average molecular weight is 812 g/mol. The Kier molecular flexibility index (Phi) is 10.1. The van der Waals surface area contributed by atoms with Gasteiger partial charge in [0.1, 0.15) is 46.6 Å². The van der Waals surface area contributed by atoms with Gasteiger partial charge in [-0.1, -0.05) is 6.07 Å². The molecule has 0 aliphatic carbocycles. The lowest BCUT2D eigenvalue weighted by molar-refractivity contribution is -0.419. The summed E-state index contributed by atoms with van der Waals surface area (Å²) in [5, 5.41) is 50.7. The maximum Gasteiger partial charge on any atom is 0.453 e. The standard InChI is InChI=1S/C40H43F2N11O6/c1-22-45-30-15-25(42)14-27-29-5-2-6-34(47-29)46-26-17-32(39(55)50(10-4-12-54)9-3-11-51(22)36(27)30)52(21-26)37-28-20-44-53(38(28)49-35(48-37)13-23-18-43-19-23)31-8-7-24(41)16-33(31)59-40(56,57)58/h2,5-8,14-16,20,23,26,32,43,54,56-58H,3-4,9-13,17-19,21H2,1H3,(H,46,47). The molecule has 2 unspecified atom stereocenters. The van der Waals surface area contributed by atoms with Gasteiger partial charge in [-0.25, -0.2) is 33.4 Å². The molecule has 6 aromatic rings. The van der Waals surface area contributed by atoms with Gasteiger partial charge in [-0.05, 0) is 75.5 Å². The second-order valence-corrected chi connectivity index (χ2v) is 15.3. The lowest BCUT2D eigenvalue weighted by atomic mass is 9.99. The third-order valence-electron chi connectivity index (χ3n) is 11.1. The van der Waals surface area contributed by atoms with E-state index in [0.29, 0.717) is 97.3 Å². The highest BCUT2D eigenvalue weighted by atomic mass is 19.1. The van der Waals surface area contributed by atoms with Crippen LogP contribution in [0.25, 0.3) is 39.0 Å². The van der Waals surface area contributed by atoms with E-state index in [2.05, 4.69) is 20.7 Å². The van der Waals surface area contributed by atoms with Crippen LogP contribution in [0.3, 0.4) is 0 Å². The van der Waals surface area contributed by atoms with E-state index in [1.54, 1.807) is 4.90 Å². The zero-order valence-corrected chi connectivity index (χ0v) is 32.1. The smallest absolute Gasteiger partial charge is 0.414 e. The first-order valence-electron chi connectivity index (χ1n) is 19.6. The van der Waals surface area contributed by atoms with E-state index in [1.807, 2.05) is 34.6 Å². The van der Waals surface area contributed by atoms with Crippen molar-refractivity contribution >= 4 is 39.6 Å². The van der Waals surface area contributed by atoms with Crippen LogP contribution in [0.5, 0.6) is 5.75 Å². The maximum absolute atomic E-state index is 15.1. The SMILES string of the molecule is Cc1nc2cc(F)cc3c2n1CCCN(CCCO)C(=O)C1CC(CN1c1nc(CC2CNC2)nc2c1cnn2-c1ccc(F)cc1OC(O)(O)O)Nc1cccc-3n1. The van der Waals surface area contributed by atoms with Gasteiger partial charge in [0.25, 0.3) is 0 Å². The van der Waals surface area contributed by atoms with Gasteiger partial charge in [0.05, 0.1) is 28.3 Å². The predicted octanol–water partition coefficient (Wildman–Crippen LogP) is 2.22. The van der Waals surface area contributed by atoms with Crippen molar-refractivity contribution in [1.82, 2.24) is 44.5 Å². The molecule has 19 heteroatoms. The molecule has 0 radical (unpaired) electrons. The van der Waals surface area contributed by atoms with Crippen molar-refractivity contribution in [2.75, 3.05) is 49.5 Å². The van der Waals surface area contributed by atoms with E-state index in [0.717, 1.165) is 30.7 Å². The van der Waals surface area contributed by atoms with Crippen LogP contribution in [0.15, 0.2) is 54.7 Å². The normalized spacial score (nSPS) is 18.9. The van der Waals surface area contributed by atoms with Crippen molar-refractivity contribution in [2.45, 2.75) is 57.4 Å². The fourth-order valence-corrected chi connectivity index (χ4v) is 8.39. The Labute approximate surface area is 335 Å². The number of aliphatic hydroxyl groups excluding tert-OH is 1. The van der Waals surface area contributed by atoms with Gasteiger partial charge in [0, 0.05) is 62.9 Å². The second-order valence-electron chi connectivity index (χ2n) is 15.3. The summed E-state index contributed by atoms with van der Waals surface area (Å²) in [6, 6.07) is 10.7. The van der Waals surface area contributed by atoms with Crippen LogP contribution in [-0.4, -0.2) is 123 Å². The van der Waals surface area contributed by atoms with Gasteiger partial charge < -0.3 is 50.2 Å². The van der Waals surface area contributed by atoms with E-state index in [1.165, 1.54) is 29.1 Å². The summed E-state index contributed by atoms with van der Waals surface area (Å²) in [5.74, 6) is 0.605. The van der Waals surface area contributed by atoms with Crippen LogP contribution in [0.4, 0.5) is 20.4 Å². The van der Waals surface area contributed by atoms with Crippen molar-refractivity contribution in [2.24, 2.45) is 5.92 Å². The van der Waals surface area contributed by atoms with Gasteiger partial charge >= 0.3 is 6.16 Å². The van der Waals surface area contributed by atoms with Crippen LogP contribution in [0.2, 0.25) is 0 Å². The minimum atomic E-state index is -3.61. The second kappa shape index (κ2) is 15.4. The number of benzene rings is 2. The van der Waals surface area contributed by atoms with Gasteiger partial charge in [0.2, 0.25) is 5.91 Å². The van der Waals surface area contributed by atoms with Gasteiger partial charge in [-0.2, -0.15) is 5.10 Å². The fourth-order valence-electron chi connectivity index (χ4n) is 8.39. The first-order valence-corrected chi connectivity index (χ1v) is 19.6. The Morgan fingerprint density at radius 2 is 1.85 bits per heavy atom. The average Bonchev–Trinajstić information content (AvgIpc) is 3.88. The summed E-state index contributed by atoms with van der Waals surface area (Å²) < 4.78 is 37.8. The highest BCUT2D eigenvalue weighted by Gasteiger charge is 2.41. The lowest BCUT2D eigenvalue weighted by Crippen LogP contribution is -2.47. The minimum Gasteiger partial charge on any atom is -0.414 e. The van der Waals surface area contributed by atoms with Crippen molar-refractivity contribution in [3.63, 3.8) is 0 Å². The van der Waals surface area contributed by atoms with Crippen LogP contribution in [0.1, 0.15) is 30.9 Å². The molecule has 1 amide bonds. The molecular formula is C40H43F2N11O6. The Morgan fingerprint density at radius 1 is 1.00 bits per heavy atom. The van der Waals surface area contributed by atoms with Crippen molar-refractivity contribution in [3.05, 3.63) is 78.0 Å². The summed E-state index contributed by atoms with van der Waals surface area (Å²) in [5.41, 5.74) is 2.76. The first kappa shape index (κ1) is 38.6. The summed E-state index contributed by atoms with van der Waals surface area (Å²) in [6.07, 6.45) is -0.323. The third-order valence-corrected chi connectivity index (χ3v) is 11.1. The van der Waals surface area contributed by atoms with Crippen molar-refractivity contribution < 1.29 is 38.7 Å². The Balaban J connectivity index is 1.16. The number of halogens is 2. The lowest BCUT2D eigenvalue weighted by Gasteiger charge is -2.31. The number of pyridine rings is 1. The van der Waals surface area contributed by atoms with E-state index < -0.39 is 29.6 Å². The number of hydrogen-bond acceptors (Lipinski definition) is 14. The quantitative estimate of drug-likeness (QED) is 0.116. The molecule has 7 heterocycles. The number of amides is 1. The number of anilines is 2. The summed E-state index contributed by atoms with van der Waals surface area (Å²) >= 11 is 0. The molecule has 0 spiro atoms. The molecule has 3 aliphatic rings. The number of imidazole rings is 1. The third kappa shape index (κ3) is 7.62. The number of hydrogen-bond donors (Lipinski definition) is 6. The molecule has 308 valence electrons. The van der Waals surface area contributed by atoms with Crippen molar-refractivity contribution in [3.8, 4) is 22.7 Å². The first-order chi connectivity index (χ1) is 28.4. The zero-order valence-electron chi connectivity index (χ0n) is 32.1. The Morgan fingerprint density at radius 3 is 2.63 bits per heavy atom. The molecule has 2 atom stereocenters. The monoisotopic (exact) mass is 811 g/mol. The minimum absolute atomic E-state index is 0.0480. The highest BCUT2D eigenvalue weighted by Crippen LogP contribution is 2.37. The zero-order chi connectivity index (χ0) is 41.0. The van der Waals surface area contributed by atoms with Gasteiger partial charge in [0.15, 0.2) is 11.4 Å². The molecule has 2 fully saturated rings. The number of nitrogens with zero attached hydrogens (tertiary/aromatic N) is 9. The number of ether oxygens (including phenoxy) is 1. The van der Waals surface area contributed by atoms with Crippen LogP contribution in [0, 0.1) is 24.5 Å². The number of carbonyl (C=O) groups excluding carboxylic acids is 1. The number of aromatic nitrogens is 7. The summed E-state index contributed by atoms with van der Waals surface area (Å²) in [4.78, 5) is 38.2. The number of carbonyl (C=O) groups is 1. The molecule has 0 saturated carbocycles. The number of fused-ring (bicyclic) bond motifs is 6. The molecule has 3 aliphatic heterocycles. The van der Waals surface area contributed by atoms with Gasteiger partial charge in [-0.15, -0.1) is 0 Å². The molecule has 2 saturated heterocycles. The topological polar surface area (TPSA) is 212 Å². The Bertz CT molecular complexity index is 2560. The number of aryl methyl sites for hydroxylation is 2. The molecule has 6 N–H and O–H groups in total. The van der Waals surface area contributed by atoms with E-state index >= 15 is 4.39 Å². The molecule has 17 nitrogen and oxygen atoms in total. The van der Waals surface area contributed by atoms with E-state index in [-0.39, 0.29) is 35.8 Å². The van der Waals surface area contributed by atoms with Crippen molar-refractivity contribution in [1.29, 1.82) is 0 Å².